The number of rotatable bonds is 6. The van der Waals surface area contributed by atoms with E-state index < -0.39 is 0 Å². The lowest BCUT2D eigenvalue weighted by molar-refractivity contribution is -0.111. The third-order valence-electron chi connectivity index (χ3n) is 4.93. The molecule has 0 bridgehead atoms. The Morgan fingerprint density at radius 2 is 1.64 bits per heavy atom. The number of benzene rings is 3. The van der Waals surface area contributed by atoms with E-state index in [2.05, 4.69) is 10.6 Å². The average molecular weight is 457 g/mol. The number of carbonyl (C=O) groups excluding carboxylic acids is 2. The highest BCUT2D eigenvalue weighted by Crippen LogP contribution is 2.24. The Kier molecular flexibility index (Phi) is 6.72. The number of furan rings is 1. The summed E-state index contributed by atoms with van der Waals surface area (Å²) in [5.41, 5.74) is 3.62. The fourth-order valence-corrected chi connectivity index (χ4v) is 3.35. The van der Waals surface area contributed by atoms with Crippen LogP contribution in [0.25, 0.3) is 17.4 Å². The Hall–Kier alpha value is -4.09. The summed E-state index contributed by atoms with van der Waals surface area (Å²) in [6, 6.07) is 25.3. The first kappa shape index (κ1) is 22.1. The Labute approximate surface area is 196 Å². The van der Waals surface area contributed by atoms with Crippen LogP contribution in [0.15, 0.2) is 95.4 Å². The molecule has 0 radical (unpaired) electrons. The highest BCUT2D eigenvalue weighted by Gasteiger charge is 2.09. The Balaban J connectivity index is 1.36. The monoisotopic (exact) mass is 456 g/mol. The Bertz CT molecular complexity index is 1310. The van der Waals surface area contributed by atoms with Gasteiger partial charge in [-0.2, -0.15) is 0 Å². The van der Waals surface area contributed by atoms with Gasteiger partial charge in [0.1, 0.15) is 11.5 Å². The third-order valence-corrected chi connectivity index (χ3v) is 5.18. The van der Waals surface area contributed by atoms with E-state index in [-0.39, 0.29) is 11.8 Å². The van der Waals surface area contributed by atoms with E-state index in [9.17, 15) is 9.59 Å². The summed E-state index contributed by atoms with van der Waals surface area (Å²) in [4.78, 5) is 24.7. The second-order valence-electron chi connectivity index (χ2n) is 7.38. The molecule has 0 fully saturated rings. The van der Waals surface area contributed by atoms with E-state index in [1.807, 2.05) is 43.3 Å². The van der Waals surface area contributed by atoms with Crippen LogP contribution in [0.4, 0.5) is 11.4 Å². The zero-order valence-corrected chi connectivity index (χ0v) is 18.6. The molecule has 3 aromatic carbocycles. The van der Waals surface area contributed by atoms with Crippen molar-refractivity contribution in [1.82, 2.24) is 0 Å². The van der Waals surface area contributed by atoms with Gasteiger partial charge in [-0.1, -0.05) is 29.8 Å². The summed E-state index contributed by atoms with van der Waals surface area (Å²) < 4.78 is 5.77. The number of anilines is 2. The summed E-state index contributed by atoms with van der Waals surface area (Å²) in [5.74, 6) is 0.774. The van der Waals surface area contributed by atoms with E-state index in [4.69, 9.17) is 16.0 Å². The fraction of sp³-hybridized carbons (Fsp3) is 0.0370. The predicted octanol–water partition coefficient (Wildman–Crippen LogP) is 6.81. The van der Waals surface area contributed by atoms with Gasteiger partial charge in [0.2, 0.25) is 5.91 Å². The van der Waals surface area contributed by atoms with E-state index in [0.29, 0.717) is 33.5 Å². The summed E-state index contributed by atoms with van der Waals surface area (Å²) in [5, 5.41) is 6.36. The van der Waals surface area contributed by atoms with Crippen molar-refractivity contribution in [2.75, 3.05) is 10.6 Å². The standard InChI is InChI=1S/C27H21ClN2O3/c1-18-17-22(11-14-24(18)30-27(32)20-5-3-2-4-6-20)29-26(31)16-13-23-12-15-25(33-23)19-7-9-21(28)10-8-19/h2-17H,1H3,(H,29,31)(H,30,32). The number of hydrogen-bond donors (Lipinski definition) is 2. The molecule has 4 aromatic rings. The molecule has 0 spiro atoms. The van der Waals surface area contributed by atoms with Crippen LogP contribution in [0.3, 0.4) is 0 Å². The van der Waals surface area contributed by atoms with Gasteiger partial charge >= 0.3 is 0 Å². The zero-order valence-electron chi connectivity index (χ0n) is 17.8. The first-order valence-corrected chi connectivity index (χ1v) is 10.7. The molecular weight excluding hydrogens is 436 g/mol. The highest BCUT2D eigenvalue weighted by atomic mass is 35.5. The lowest BCUT2D eigenvalue weighted by atomic mass is 10.1. The summed E-state index contributed by atoms with van der Waals surface area (Å²) in [7, 11) is 0. The molecule has 2 N–H and O–H groups in total. The van der Waals surface area contributed by atoms with Crippen molar-refractivity contribution < 1.29 is 14.0 Å². The fourth-order valence-electron chi connectivity index (χ4n) is 3.22. The van der Waals surface area contributed by atoms with Crippen LogP contribution < -0.4 is 10.6 Å². The summed E-state index contributed by atoms with van der Waals surface area (Å²) in [6.07, 6.45) is 3.01. The van der Waals surface area contributed by atoms with Crippen LogP contribution in [0.1, 0.15) is 21.7 Å². The quantitative estimate of drug-likeness (QED) is 0.313. The number of amides is 2. The molecule has 0 aliphatic carbocycles. The van der Waals surface area contributed by atoms with Crippen LogP contribution in [-0.2, 0) is 4.79 Å². The Morgan fingerprint density at radius 3 is 2.36 bits per heavy atom. The average Bonchev–Trinajstić information content (AvgIpc) is 3.29. The van der Waals surface area contributed by atoms with Crippen molar-refractivity contribution in [1.29, 1.82) is 0 Å². The van der Waals surface area contributed by atoms with Gasteiger partial charge in [0.25, 0.3) is 5.91 Å². The molecular formula is C27H21ClN2O3. The van der Waals surface area contributed by atoms with Gasteiger partial charge in [0.15, 0.2) is 0 Å². The first-order chi connectivity index (χ1) is 16.0. The second-order valence-corrected chi connectivity index (χ2v) is 7.82. The van der Waals surface area contributed by atoms with Gasteiger partial charge in [-0.05, 0) is 85.3 Å². The van der Waals surface area contributed by atoms with Gasteiger partial charge < -0.3 is 15.1 Å². The number of halogens is 1. The second kappa shape index (κ2) is 10.0. The molecule has 6 heteroatoms. The summed E-state index contributed by atoms with van der Waals surface area (Å²) in [6.45, 7) is 1.87. The van der Waals surface area contributed by atoms with Crippen molar-refractivity contribution in [3.63, 3.8) is 0 Å². The molecule has 4 rings (SSSR count). The molecule has 2 amide bonds. The molecule has 1 aromatic heterocycles. The van der Waals surface area contributed by atoms with Crippen molar-refractivity contribution in [2.45, 2.75) is 6.92 Å². The first-order valence-electron chi connectivity index (χ1n) is 10.3. The van der Waals surface area contributed by atoms with Crippen molar-refractivity contribution >= 4 is 40.9 Å². The molecule has 0 aliphatic rings. The molecule has 0 aliphatic heterocycles. The van der Waals surface area contributed by atoms with Crippen molar-refractivity contribution in [2.24, 2.45) is 0 Å². The van der Waals surface area contributed by atoms with Gasteiger partial charge in [-0.15, -0.1) is 0 Å². The largest absolute Gasteiger partial charge is 0.457 e. The molecule has 0 atom stereocenters. The topological polar surface area (TPSA) is 71.3 Å². The molecule has 0 saturated heterocycles. The third kappa shape index (κ3) is 5.79. The van der Waals surface area contributed by atoms with Crippen LogP contribution in [0.5, 0.6) is 0 Å². The smallest absolute Gasteiger partial charge is 0.255 e. The van der Waals surface area contributed by atoms with Crippen LogP contribution in [-0.4, -0.2) is 11.8 Å². The SMILES string of the molecule is Cc1cc(NC(=O)C=Cc2ccc(-c3ccc(Cl)cc3)o2)ccc1NC(=O)c1ccccc1. The maximum absolute atomic E-state index is 12.4. The number of nitrogens with one attached hydrogen (secondary N) is 2. The maximum atomic E-state index is 12.4. The summed E-state index contributed by atoms with van der Waals surface area (Å²) >= 11 is 5.92. The number of aryl methyl sites for hydroxylation is 1. The molecule has 164 valence electrons. The highest BCUT2D eigenvalue weighted by molar-refractivity contribution is 6.30. The van der Waals surface area contributed by atoms with E-state index >= 15 is 0 Å². The molecule has 0 saturated carbocycles. The Morgan fingerprint density at radius 1 is 0.879 bits per heavy atom. The van der Waals surface area contributed by atoms with Gasteiger partial charge in [0.05, 0.1) is 0 Å². The van der Waals surface area contributed by atoms with Crippen molar-refractivity contribution in [3.05, 3.63) is 113 Å². The van der Waals surface area contributed by atoms with Crippen molar-refractivity contribution in [3.8, 4) is 11.3 Å². The minimum atomic E-state index is -0.292. The predicted molar refractivity (Wildman–Crippen MR) is 132 cm³/mol. The lowest BCUT2D eigenvalue weighted by Crippen LogP contribution is -2.13. The van der Waals surface area contributed by atoms with E-state index in [1.165, 1.54) is 6.08 Å². The molecule has 5 nitrogen and oxygen atoms in total. The van der Waals surface area contributed by atoms with Gasteiger partial charge in [-0.25, -0.2) is 0 Å². The molecule has 1 heterocycles. The number of hydrogen-bond acceptors (Lipinski definition) is 3. The molecule has 33 heavy (non-hydrogen) atoms. The maximum Gasteiger partial charge on any atom is 0.255 e. The van der Waals surface area contributed by atoms with Crippen LogP contribution in [0, 0.1) is 6.92 Å². The lowest BCUT2D eigenvalue weighted by Gasteiger charge is -2.10. The van der Waals surface area contributed by atoms with E-state index in [0.717, 1.165) is 11.1 Å². The minimum Gasteiger partial charge on any atom is -0.457 e. The zero-order chi connectivity index (χ0) is 23.2. The van der Waals surface area contributed by atoms with Gasteiger partial charge in [0, 0.05) is 33.6 Å². The number of carbonyl (C=O) groups is 2. The van der Waals surface area contributed by atoms with E-state index in [1.54, 1.807) is 54.6 Å². The van der Waals surface area contributed by atoms with Gasteiger partial charge in [-0.3, -0.25) is 9.59 Å². The molecule has 0 unspecified atom stereocenters. The minimum absolute atomic E-state index is 0.185. The van der Waals surface area contributed by atoms with Crippen LogP contribution >= 0.6 is 11.6 Å². The normalized spacial score (nSPS) is 10.8. The van der Waals surface area contributed by atoms with Crippen LogP contribution in [0.2, 0.25) is 5.02 Å².